The van der Waals surface area contributed by atoms with E-state index in [1.165, 1.54) is 12.2 Å². The summed E-state index contributed by atoms with van der Waals surface area (Å²) in [6, 6.07) is 3.81. The van der Waals surface area contributed by atoms with Crippen LogP contribution >= 0.6 is 11.8 Å². The Hall–Kier alpha value is -1.23. The van der Waals surface area contributed by atoms with Crippen LogP contribution in [0.2, 0.25) is 0 Å². The Kier molecular flexibility index (Phi) is 3.66. The van der Waals surface area contributed by atoms with Gasteiger partial charge in [0.1, 0.15) is 11.7 Å². The molecular formula is C11H16N4S. The number of nitrogen functional groups attached to an aromatic ring is 1. The fourth-order valence-corrected chi connectivity index (χ4v) is 2.59. The van der Waals surface area contributed by atoms with Gasteiger partial charge in [-0.1, -0.05) is 0 Å². The van der Waals surface area contributed by atoms with Gasteiger partial charge in [0.2, 0.25) is 0 Å². The van der Waals surface area contributed by atoms with Crippen LogP contribution in [0.5, 0.6) is 0 Å². The summed E-state index contributed by atoms with van der Waals surface area (Å²) < 4.78 is 0. The third-order valence-electron chi connectivity index (χ3n) is 2.61. The van der Waals surface area contributed by atoms with E-state index >= 15 is 0 Å². The summed E-state index contributed by atoms with van der Waals surface area (Å²) >= 11 is 2.00. The maximum absolute atomic E-state index is 7.31. The van der Waals surface area contributed by atoms with E-state index in [-0.39, 0.29) is 5.84 Å². The smallest absolute Gasteiger partial charge is 0.128 e. The van der Waals surface area contributed by atoms with Gasteiger partial charge in [-0.15, -0.1) is 0 Å². The molecule has 0 bridgehead atoms. The Labute approximate surface area is 99.7 Å². The number of rotatable bonds is 2. The Bertz CT molecular complexity index is 355. The lowest BCUT2D eigenvalue weighted by Gasteiger charge is -2.20. The fraction of sp³-hybridized carbons (Fsp3) is 0.455. The van der Waals surface area contributed by atoms with Crippen LogP contribution in [-0.2, 0) is 0 Å². The lowest BCUT2D eigenvalue weighted by molar-refractivity contribution is 0.801. The van der Waals surface area contributed by atoms with Gasteiger partial charge in [-0.2, -0.15) is 11.8 Å². The molecular weight excluding hydrogens is 220 g/mol. The van der Waals surface area contributed by atoms with Crippen LogP contribution in [0.4, 0.5) is 5.82 Å². The number of nitrogens with zero attached hydrogens (tertiary/aromatic N) is 2. The zero-order chi connectivity index (χ0) is 11.4. The quantitative estimate of drug-likeness (QED) is 0.600. The van der Waals surface area contributed by atoms with Crippen LogP contribution in [0.15, 0.2) is 18.3 Å². The molecule has 5 heteroatoms. The number of nitrogens with one attached hydrogen (secondary N) is 1. The molecule has 0 atom stereocenters. The van der Waals surface area contributed by atoms with Crippen molar-refractivity contribution in [2.45, 2.75) is 6.42 Å². The van der Waals surface area contributed by atoms with Crippen LogP contribution in [0.1, 0.15) is 12.0 Å². The average molecular weight is 236 g/mol. The minimum atomic E-state index is 0.0745. The second-order valence-electron chi connectivity index (χ2n) is 3.77. The molecule has 2 heterocycles. The number of amidine groups is 1. The van der Waals surface area contributed by atoms with Gasteiger partial charge < -0.3 is 10.6 Å². The molecule has 0 amide bonds. The molecule has 1 aromatic rings. The van der Waals surface area contributed by atoms with Gasteiger partial charge in [-0.3, -0.25) is 5.41 Å². The van der Waals surface area contributed by atoms with Crippen molar-refractivity contribution in [3.05, 3.63) is 23.9 Å². The van der Waals surface area contributed by atoms with E-state index < -0.39 is 0 Å². The molecule has 3 N–H and O–H groups in total. The number of pyridine rings is 1. The van der Waals surface area contributed by atoms with E-state index in [9.17, 15) is 0 Å². The topological polar surface area (TPSA) is 66.0 Å². The van der Waals surface area contributed by atoms with E-state index in [1.807, 2.05) is 23.9 Å². The largest absolute Gasteiger partial charge is 0.384 e. The van der Waals surface area contributed by atoms with Crippen molar-refractivity contribution >= 4 is 23.4 Å². The highest BCUT2D eigenvalue weighted by Gasteiger charge is 2.10. The minimum absolute atomic E-state index is 0.0745. The summed E-state index contributed by atoms with van der Waals surface area (Å²) in [5.41, 5.74) is 6.08. The second kappa shape index (κ2) is 5.21. The number of aromatic nitrogens is 1. The number of hydrogen-bond acceptors (Lipinski definition) is 4. The summed E-state index contributed by atoms with van der Waals surface area (Å²) in [4.78, 5) is 6.66. The summed E-state index contributed by atoms with van der Waals surface area (Å²) in [5, 5.41) is 7.31. The van der Waals surface area contributed by atoms with Crippen LogP contribution in [-0.4, -0.2) is 35.4 Å². The SMILES string of the molecule is N=C(N)c1ccc(N2CCCSCC2)nc1. The third kappa shape index (κ3) is 2.66. The lowest BCUT2D eigenvalue weighted by Crippen LogP contribution is -2.26. The molecule has 0 aliphatic carbocycles. The van der Waals surface area contributed by atoms with Gasteiger partial charge in [0.25, 0.3) is 0 Å². The van der Waals surface area contributed by atoms with E-state index in [0.29, 0.717) is 5.56 Å². The second-order valence-corrected chi connectivity index (χ2v) is 5.00. The fourth-order valence-electron chi connectivity index (χ4n) is 1.71. The first-order valence-corrected chi connectivity index (χ1v) is 6.56. The zero-order valence-corrected chi connectivity index (χ0v) is 9.96. The molecule has 0 radical (unpaired) electrons. The number of nitrogens with two attached hydrogens (primary N) is 1. The van der Waals surface area contributed by atoms with E-state index in [1.54, 1.807) is 6.20 Å². The van der Waals surface area contributed by atoms with Crippen LogP contribution in [0.3, 0.4) is 0 Å². The molecule has 1 fully saturated rings. The van der Waals surface area contributed by atoms with Gasteiger partial charge in [0.05, 0.1) is 0 Å². The highest BCUT2D eigenvalue weighted by Crippen LogP contribution is 2.16. The Morgan fingerprint density at radius 2 is 2.25 bits per heavy atom. The first-order chi connectivity index (χ1) is 7.77. The summed E-state index contributed by atoms with van der Waals surface area (Å²) in [6.45, 7) is 2.12. The maximum Gasteiger partial charge on any atom is 0.128 e. The number of hydrogen-bond donors (Lipinski definition) is 2. The number of thioether (sulfide) groups is 1. The summed E-state index contributed by atoms with van der Waals surface area (Å²) in [6.07, 6.45) is 2.89. The zero-order valence-electron chi connectivity index (χ0n) is 9.15. The average Bonchev–Trinajstić information content (AvgIpc) is 2.57. The lowest BCUT2D eigenvalue weighted by atomic mass is 10.2. The molecule has 1 saturated heterocycles. The molecule has 0 saturated carbocycles. The molecule has 0 unspecified atom stereocenters. The van der Waals surface area contributed by atoms with E-state index in [2.05, 4.69) is 9.88 Å². The number of anilines is 1. The van der Waals surface area contributed by atoms with Crippen molar-refractivity contribution in [3.63, 3.8) is 0 Å². The molecule has 0 aromatic carbocycles. The molecule has 1 aliphatic rings. The van der Waals surface area contributed by atoms with Gasteiger partial charge in [-0.05, 0) is 24.3 Å². The Morgan fingerprint density at radius 1 is 1.38 bits per heavy atom. The standard InChI is InChI=1S/C11H16N4S/c12-11(13)9-2-3-10(14-8-9)15-4-1-6-16-7-5-15/h2-3,8H,1,4-7H2,(H3,12,13). The van der Waals surface area contributed by atoms with Crippen molar-refractivity contribution in [3.8, 4) is 0 Å². The molecule has 86 valence electrons. The Balaban J connectivity index is 2.10. The van der Waals surface area contributed by atoms with Crippen molar-refractivity contribution in [1.82, 2.24) is 4.98 Å². The van der Waals surface area contributed by atoms with Crippen molar-refractivity contribution in [2.75, 3.05) is 29.5 Å². The first-order valence-electron chi connectivity index (χ1n) is 5.40. The van der Waals surface area contributed by atoms with Crippen LogP contribution in [0, 0.1) is 5.41 Å². The normalized spacial score (nSPS) is 16.9. The molecule has 0 spiro atoms. The van der Waals surface area contributed by atoms with Crippen molar-refractivity contribution < 1.29 is 0 Å². The first kappa shape index (κ1) is 11.3. The summed E-state index contributed by atoms with van der Waals surface area (Å²) in [5.74, 6) is 3.47. The van der Waals surface area contributed by atoms with Crippen LogP contribution in [0.25, 0.3) is 0 Å². The van der Waals surface area contributed by atoms with E-state index in [4.69, 9.17) is 11.1 Å². The highest BCUT2D eigenvalue weighted by atomic mass is 32.2. The Morgan fingerprint density at radius 3 is 2.94 bits per heavy atom. The van der Waals surface area contributed by atoms with Gasteiger partial charge in [0, 0.05) is 30.6 Å². The van der Waals surface area contributed by atoms with E-state index in [0.717, 1.165) is 24.7 Å². The summed E-state index contributed by atoms with van der Waals surface area (Å²) in [7, 11) is 0. The highest BCUT2D eigenvalue weighted by molar-refractivity contribution is 7.99. The maximum atomic E-state index is 7.31. The van der Waals surface area contributed by atoms with Crippen LogP contribution < -0.4 is 10.6 Å². The monoisotopic (exact) mass is 236 g/mol. The predicted octanol–water partition coefficient (Wildman–Crippen LogP) is 1.31. The minimum Gasteiger partial charge on any atom is -0.384 e. The predicted molar refractivity (Wildman–Crippen MR) is 69.4 cm³/mol. The molecule has 2 rings (SSSR count). The van der Waals surface area contributed by atoms with Gasteiger partial charge in [-0.25, -0.2) is 4.98 Å². The molecule has 4 nitrogen and oxygen atoms in total. The third-order valence-corrected chi connectivity index (χ3v) is 3.65. The van der Waals surface area contributed by atoms with Crippen molar-refractivity contribution in [2.24, 2.45) is 5.73 Å². The van der Waals surface area contributed by atoms with Crippen molar-refractivity contribution in [1.29, 1.82) is 5.41 Å². The molecule has 16 heavy (non-hydrogen) atoms. The molecule has 1 aliphatic heterocycles. The van der Waals surface area contributed by atoms with Gasteiger partial charge in [0.15, 0.2) is 0 Å². The van der Waals surface area contributed by atoms with Gasteiger partial charge >= 0.3 is 0 Å². The molecule has 1 aromatic heterocycles.